The Morgan fingerprint density at radius 2 is 1.86 bits per heavy atom. The molecule has 1 fully saturated rings. The highest BCUT2D eigenvalue weighted by Gasteiger charge is 2.23. The summed E-state index contributed by atoms with van der Waals surface area (Å²) in [5.74, 6) is 1.49. The van der Waals surface area contributed by atoms with Gasteiger partial charge in [-0.25, -0.2) is 8.42 Å². The van der Waals surface area contributed by atoms with Crippen molar-refractivity contribution in [2.75, 3.05) is 18.1 Å². The van der Waals surface area contributed by atoms with Crippen molar-refractivity contribution in [1.82, 2.24) is 5.32 Å². The second kappa shape index (κ2) is 7.27. The minimum absolute atomic E-state index is 0.303. The van der Waals surface area contributed by atoms with E-state index in [1.54, 1.807) is 12.1 Å². The molecule has 0 bridgehead atoms. The number of aryl methyl sites for hydroxylation is 1. The Kier molecular flexibility index (Phi) is 5.65. The van der Waals surface area contributed by atoms with Crippen molar-refractivity contribution in [1.29, 1.82) is 0 Å². The highest BCUT2D eigenvalue weighted by atomic mass is 32.2. The molecule has 5 heteroatoms. The molecule has 1 aliphatic rings. The summed E-state index contributed by atoms with van der Waals surface area (Å²) in [4.78, 5) is 0. The van der Waals surface area contributed by atoms with Crippen LogP contribution in [0.3, 0.4) is 0 Å². The van der Waals surface area contributed by atoms with Crippen LogP contribution in [0.15, 0.2) is 24.3 Å². The van der Waals surface area contributed by atoms with Crippen LogP contribution in [0.5, 0.6) is 5.75 Å². The lowest BCUT2D eigenvalue weighted by Crippen LogP contribution is -2.35. The third kappa shape index (κ3) is 5.67. The minimum atomic E-state index is -2.75. The number of hydrogen-bond acceptors (Lipinski definition) is 4. The lowest BCUT2D eigenvalue weighted by atomic mass is 10.0. The fourth-order valence-electron chi connectivity index (χ4n) is 2.66. The molecule has 1 aliphatic heterocycles. The monoisotopic (exact) mass is 311 g/mol. The zero-order valence-electron chi connectivity index (χ0n) is 12.6. The van der Waals surface area contributed by atoms with Crippen LogP contribution >= 0.6 is 0 Å². The molecule has 0 amide bonds. The fourth-order valence-corrected chi connectivity index (χ4v) is 4.25. The van der Waals surface area contributed by atoms with Crippen LogP contribution in [0.1, 0.15) is 31.7 Å². The third-order valence-corrected chi connectivity index (χ3v) is 5.95. The van der Waals surface area contributed by atoms with Crippen LogP contribution in [0, 0.1) is 5.92 Å². The van der Waals surface area contributed by atoms with Crippen molar-refractivity contribution >= 4 is 9.84 Å². The molecule has 1 aromatic rings. The third-order valence-electron chi connectivity index (χ3n) is 4.23. The van der Waals surface area contributed by atoms with Crippen LogP contribution in [-0.4, -0.2) is 37.6 Å². The van der Waals surface area contributed by atoms with Gasteiger partial charge in [-0.3, -0.25) is 0 Å². The Bertz CT molecular complexity index is 525. The molecule has 2 N–H and O–H groups in total. The van der Waals surface area contributed by atoms with Gasteiger partial charge in [0.15, 0.2) is 0 Å². The molecule has 21 heavy (non-hydrogen) atoms. The van der Waals surface area contributed by atoms with E-state index in [0.29, 0.717) is 29.2 Å². The van der Waals surface area contributed by atoms with Crippen LogP contribution in [0.2, 0.25) is 0 Å². The van der Waals surface area contributed by atoms with Gasteiger partial charge < -0.3 is 10.4 Å². The predicted octanol–water partition coefficient (Wildman–Crippen LogP) is 2.13. The molecule has 0 spiro atoms. The van der Waals surface area contributed by atoms with Gasteiger partial charge in [-0.15, -0.1) is 0 Å². The molecule has 0 unspecified atom stereocenters. The Morgan fingerprint density at radius 1 is 1.24 bits per heavy atom. The van der Waals surface area contributed by atoms with Crippen LogP contribution in [0.25, 0.3) is 0 Å². The van der Waals surface area contributed by atoms with Crippen LogP contribution < -0.4 is 5.32 Å². The largest absolute Gasteiger partial charge is 0.508 e. The average Bonchev–Trinajstić information content (AvgIpc) is 2.45. The van der Waals surface area contributed by atoms with Gasteiger partial charge in [0.05, 0.1) is 11.5 Å². The number of sulfone groups is 1. The molecular formula is C16H25NO3S. The van der Waals surface area contributed by atoms with Crippen LogP contribution in [0.4, 0.5) is 0 Å². The maximum absolute atomic E-state index is 11.4. The molecule has 118 valence electrons. The summed E-state index contributed by atoms with van der Waals surface area (Å²) < 4.78 is 22.8. The zero-order chi connectivity index (χ0) is 15.3. The van der Waals surface area contributed by atoms with Crippen LogP contribution in [-0.2, 0) is 16.3 Å². The zero-order valence-corrected chi connectivity index (χ0v) is 13.4. The van der Waals surface area contributed by atoms with Crippen molar-refractivity contribution in [3.05, 3.63) is 29.8 Å². The Balaban J connectivity index is 1.66. The highest BCUT2D eigenvalue weighted by molar-refractivity contribution is 7.91. The van der Waals surface area contributed by atoms with Gasteiger partial charge in [0, 0.05) is 6.04 Å². The number of nitrogens with one attached hydrogen (secondary N) is 1. The van der Waals surface area contributed by atoms with E-state index in [1.165, 1.54) is 5.56 Å². The standard InChI is InChI=1S/C16H25NO3S/c1-13(2-3-14-4-6-16(18)7-5-14)17-12-15-8-10-21(19,20)11-9-15/h4-7,13,15,17-18H,2-3,8-12H2,1H3/t13-/m1/s1. The highest BCUT2D eigenvalue weighted by Crippen LogP contribution is 2.18. The van der Waals surface area contributed by atoms with E-state index >= 15 is 0 Å². The fraction of sp³-hybridized carbons (Fsp3) is 0.625. The molecule has 4 nitrogen and oxygen atoms in total. The number of hydrogen-bond donors (Lipinski definition) is 2. The lowest BCUT2D eigenvalue weighted by Gasteiger charge is -2.24. The molecule has 1 atom stereocenters. The topological polar surface area (TPSA) is 66.4 Å². The first kappa shape index (κ1) is 16.3. The molecule has 0 saturated carbocycles. The van der Waals surface area contributed by atoms with E-state index in [4.69, 9.17) is 0 Å². The summed E-state index contributed by atoms with van der Waals surface area (Å²) in [6, 6.07) is 7.76. The van der Waals surface area contributed by atoms with E-state index in [-0.39, 0.29) is 0 Å². The second-order valence-electron chi connectivity index (χ2n) is 6.11. The van der Waals surface area contributed by atoms with Gasteiger partial charge in [-0.2, -0.15) is 0 Å². The minimum Gasteiger partial charge on any atom is -0.508 e. The summed E-state index contributed by atoms with van der Waals surface area (Å²) in [6.45, 7) is 3.08. The van der Waals surface area contributed by atoms with Gasteiger partial charge in [-0.05, 0) is 62.8 Å². The van der Waals surface area contributed by atoms with E-state index in [9.17, 15) is 13.5 Å². The first-order chi connectivity index (χ1) is 9.94. The molecule has 0 aliphatic carbocycles. The van der Waals surface area contributed by atoms with Gasteiger partial charge in [-0.1, -0.05) is 12.1 Å². The molecular weight excluding hydrogens is 286 g/mol. The lowest BCUT2D eigenvalue weighted by molar-refractivity contribution is 0.398. The quantitative estimate of drug-likeness (QED) is 0.844. The summed E-state index contributed by atoms with van der Waals surface area (Å²) in [5, 5.41) is 12.8. The Labute approximate surface area is 127 Å². The Hall–Kier alpha value is -1.07. The molecule has 2 rings (SSSR count). The summed E-state index contributed by atoms with van der Waals surface area (Å²) in [5.41, 5.74) is 1.23. The molecule has 0 aromatic heterocycles. The van der Waals surface area contributed by atoms with Crippen molar-refractivity contribution in [2.24, 2.45) is 5.92 Å². The number of aromatic hydroxyl groups is 1. The predicted molar refractivity (Wildman–Crippen MR) is 85.3 cm³/mol. The smallest absolute Gasteiger partial charge is 0.150 e. The summed E-state index contributed by atoms with van der Waals surface area (Å²) >= 11 is 0. The van der Waals surface area contributed by atoms with Crippen molar-refractivity contribution in [3.8, 4) is 5.75 Å². The van der Waals surface area contributed by atoms with Crippen molar-refractivity contribution < 1.29 is 13.5 Å². The molecule has 0 radical (unpaired) electrons. The van der Waals surface area contributed by atoms with E-state index in [0.717, 1.165) is 32.2 Å². The molecule has 1 heterocycles. The Morgan fingerprint density at radius 3 is 2.48 bits per heavy atom. The maximum Gasteiger partial charge on any atom is 0.150 e. The first-order valence-electron chi connectivity index (χ1n) is 7.66. The second-order valence-corrected chi connectivity index (χ2v) is 8.41. The number of rotatable bonds is 6. The SMILES string of the molecule is C[C@H](CCc1ccc(O)cc1)NCC1CCS(=O)(=O)CC1. The summed E-state index contributed by atoms with van der Waals surface area (Å²) in [6.07, 6.45) is 3.60. The first-order valence-corrected chi connectivity index (χ1v) is 9.48. The number of benzene rings is 1. The normalized spacial score (nSPS) is 20.2. The van der Waals surface area contributed by atoms with Gasteiger partial charge in [0.1, 0.15) is 15.6 Å². The van der Waals surface area contributed by atoms with E-state index in [1.807, 2.05) is 12.1 Å². The van der Waals surface area contributed by atoms with Gasteiger partial charge in [0.2, 0.25) is 0 Å². The number of phenolic OH excluding ortho intramolecular Hbond substituents is 1. The molecule has 1 saturated heterocycles. The summed E-state index contributed by atoms with van der Waals surface area (Å²) in [7, 11) is -2.75. The van der Waals surface area contributed by atoms with Crippen molar-refractivity contribution in [3.63, 3.8) is 0 Å². The van der Waals surface area contributed by atoms with Crippen molar-refractivity contribution in [2.45, 2.75) is 38.6 Å². The van der Waals surface area contributed by atoms with Gasteiger partial charge in [0.25, 0.3) is 0 Å². The van der Waals surface area contributed by atoms with Gasteiger partial charge >= 0.3 is 0 Å². The number of phenols is 1. The van der Waals surface area contributed by atoms with E-state index in [2.05, 4.69) is 12.2 Å². The molecule has 1 aromatic carbocycles. The van der Waals surface area contributed by atoms with E-state index < -0.39 is 9.84 Å². The maximum atomic E-state index is 11.4. The average molecular weight is 311 g/mol.